The van der Waals surface area contributed by atoms with Crippen LogP contribution in [0.2, 0.25) is 0 Å². The number of rotatable bonds is 8. The first-order valence-corrected chi connectivity index (χ1v) is 22.8. The van der Waals surface area contributed by atoms with E-state index in [4.69, 9.17) is 0 Å². The molecule has 66 heavy (non-hydrogen) atoms. The molecule has 308 valence electrons. The molecule has 0 unspecified atom stereocenters. The topological polar surface area (TPSA) is 0 Å². The van der Waals surface area contributed by atoms with Crippen LogP contribution >= 0.6 is 0 Å². The van der Waals surface area contributed by atoms with Gasteiger partial charge in [0.25, 0.3) is 0 Å². The van der Waals surface area contributed by atoms with E-state index in [-0.39, 0.29) is 0 Å². The lowest BCUT2D eigenvalue weighted by Gasteiger charge is -2.15. The summed E-state index contributed by atoms with van der Waals surface area (Å²) in [5.41, 5.74) is 12.3. The predicted octanol–water partition coefficient (Wildman–Crippen LogP) is 18.5. The average Bonchev–Trinajstić information content (AvgIpc) is 3.38. The van der Waals surface area contributed by atoms with Gasteiger partial charge in [0.05, 0.1) is 0 Å². The van der Waals surface area contributed by atoms with E-state index in [1.807, 2.05) is 0 Å². The van der Waals surface area contributed by atoms with Gasteiger partial charge < -0.3 is 0 Å². The zero-order chi connectivity index (χ0) is 43.8. The molecule has 0 bridgehead atoms. The van der Waals surface area contributed by atoms with Crippen LogP contribution in [-0.2, 0) is 0 Å². The molecule has 0 saturated heterocycles. The average molecular weight is 837 g/mol. The van der Waals surface area contributed by atoms with Crippen LogP contribution in [0.15, 0.2) is 231 Å². The summed E-state index contributed by atoms with van der Waals surface area (Å²) in [7, 11) is 0. The van der Waals surface area contributed by atoms with Crippen molar-refractivity contribution in [3.63, 3.8) is 0 Å². The Balaban J connectivity index is 0.794. The maximum atomic E-state index is 2.30. The van der Waals surface area contributed by atoms with Crippen molar-refractivity contribution < 1.29 is 0 Å². The lowest BCUT2D eigenvalue weighted by atomic mass is 9.88. The smallest absolute Gasteiger partial charge is 0.00264 e. The van der Waals surface area contributed by atoms with Crippen LogP contribution in [0.5, 0.6) is 0 Å². The van der Waals surface area contributed by atoms with E-state index in [1.165, 1.54) is 120 Å². The van der Waals surface area contributed by atoms with E-state index in [2.05, 4.69) is 267 Å². The second-order valence-electron chi connectivity index (χ2n) is 17.2. The number of fused-ring (bicyclic) bond motifs is 6. The van der Waals surface area contributed by atoms with Gasteiger partial charge in [-0.25, -0.2) is 0 Å². The molecule has 12 rings (SSSR count). The van der Waals surface area contributed by atoms with Gasteiger partial charge >= 0.3 is 0 Å². The van der Waals surface area contributed by atoms with Crippen molar-refractivity contribution in [2.45, 2.75) is 0 Å². The van der Waals surface area contributed by atoms with Gasteiger partial charge in [0, 0.05) is 0 Å². The molecule has 0 N–H and O–H groups in total. The first-order valence-electron chi connectivity index (χ1n) is 22.8. The first kappa shape index (κ1) is 39.0. The van der Waals surface area contributed by atoms with Crippen molar-refractivity contribution in [1.29, 1.82) is 0 Å². The quantitative estimate of drug-likeness (QED) is 0.106. The third-order valence-corrected chi connectivity index (χ3v) is 13.2. The summed E-state index contributed by atoms with van der Waals surface area (Å²) in [4.78, 5) is 0. The first-order chi connectivity index (χ1) is 32.7. The van der Waals surface area contributed by atoms with Crippen LogP contribution in [0.4, 0.5) is 0 Å². The summed E-state index contributed by atoms with van der Waals surface area (Å²) in [6.45, 7) is 0. The van der Waals surface area contributed by atoms with E-state index in [0.717, 1.165) is 0 Å². The van der Waals surface area contributed by atoms with Crippen molar-refractivity contribution in [3.05, 3.63) is 264 Å². The molecule has 0 atom stereocenters. The molecule has 0 nitrogen and oxygen atoms in total. The van der Waals surface area contributed by atoms with Gasteiger partial charge in [-0.3, -0.25) is 0 Å². The van der Waals surface area contributed by atoms with Gasteiger partial charge in [-0.15, -0.1) is 0 Å². The fourth-order valence-electron chi connectivity index (χ4n) is 10.0. The Morgan fingerprint density at radius 2 is 0.439 bits per heavy atom. The molecule has 0 spiro atoms. The van der Waals surface area contributed by atoms with Crippen LogP contribution in [-0.4, -0.2) is 0 Å². The highest BCUT2D eigenvalue weighted by Crippen LogP contribution is 2.42. The van der Waals surface area contributed by atoms with Gasteiger partial charge in [-0.2, -0.15) is 0 Å². The van der Waals surface area contributed by atoms with Gasteiger partial charge in [-0.1, -0.05) is 243 Å². The van der Waals surface area contributed by atoms with Gasteiger partial charge in [0.2, 0.25) is 0 Å². The highest BCUT2D eigenvalue weighted by atomic mass is 14.2. The minimum atomic E-state index is 1.18. The predicted molar refractivity (Wildman–Crippen MR) is 288 cm³/mol. The molecule has 12 aromatic carbocycles. The van der Waals surface area contributed by atoms with Gasteiger partial charge in [0.1, 0.15) is 0 Å². The van der Waals surface area contributed by atoms with E-state index >= 15 is 0 Å². The van der Waals surface area contributed by atoms with Gasteiger partial charge in [0.15, 0.2) is 0 Å². The number of hydrogen-bond acceptors (Lipinski definition) is 0. The fourth-order valence-corrected chi connectivity index (χ4v) is 10.0. The Labute approximate surface area is 385 Å². The largest absolute Gasteiger partial charge is 0.0622 e. The normalized spacial score (nSPS) is 12.1. The second-order valence-corrected chi connectivity index (χ2v) is 17.2. The SMILES string of the molecule is C(=Cc1ccc2cc(C=Cc3c4ccccc4c(-c4ccccc4)c4ccccc34)ccc2c1)c1ccc2cc(C=Cc3c4ccccc4c(-c4ccccc4)c4ccccc34)ccc2c1. The maximum absolute atomic E-state index is 2.30. The van der Waals surface area contributed by atoms with Crippen molar-refractivity contribution in [2.24, 2.45) is 0 Å². The Hall–Kier alpha value is -8.58. The van der Waals surface area contributed by atoms with Crippen molar-refractivity contribution in [1.82, 2.24) is 0 Å². The van der Waals surface area contributed by atoms with E-state index in [0.29, 0.717) is 0 Å². The molecule has 0 amide bonds. The van der Waals surface area contributed by atoms with Crippen LogP contribution in [0.25, 0.3) is 123 Å². The molecule has 0 fully saturated rings. The minimum absolute atomic E-state index is 1.18. The maximum Gasteiger partial charge on any atom is -0.00264 e. The standard InChI is InChI=1S/C66H44/c1-3-15-49(16-4-1)65-61-23-11-7-19-55(61)59(56-20-8-12-24-62(56)65)39-33-47-31-37-51-41-45(29-35-53(51)43-47)27-28-46-30-36-54-44-48(32-38-52(54)42-46)34-40-60-57-21-9-13-25-63(57)66(50-17-5-2-6-18-50)64-26-14-10-22-58(60)64/h1-44H. The molecule has 12 aromatic rings. The zero-order valence-electron chi connectivity index (χ0n) is 36.4. The van der Waals surface area contributed by atoms with Crippen LogP contribution in [0, 0.1) is 0 Å². The van der Waals surface area contributed by atoms with Crippen molar-refractivity contribution >= 4 is 101 Å². The molecule has 0 aromatic heterocycles. The third kappa shape index (κ3) is 7.25. The Morgan fingerprint density at radius 3 is 0.727 bits per heavy atom. The summed E-state index contributed by atoms with van der Waals surface area (Å²) in [5.74, 6) is 0. The molecule has 0 saturated carbocycles. The fraction of sp³-hybridized carbons (Fsp3) is 0. The molecular weight excluding hydrogens is 793 g/mol. The molecule has 0 aliphatic rings. The lowest BCUT2D eigenvalue weighted by molar-refractivity contribution is 1.66. The minimum Gasteiger partial charge on any atom is -0.0622 e. The highest BCUT2D eigenvalue weighted by Gasteiger charge is 2.15. The Morgan fingerprint density at radius 1 is 0.197 bits per heavy atom. The summed E-state index contributed by atoms with van der Waals surface area (Å²) in [5, 5.41) is 15.0. The molecule has 0 aliphatic heterocycles. The molecule has 0 radical (unpaired) electrons. The lowest BCUT2D eigenvalue weighted by Crippen LogP contribution is -1.89. The summed E-state index contributed by atoms with van der Waals surface area (Å²) < 4.78 is 0. The van der Waals surface area contributed by atoms with Crippen molar-refractivity contribution in [3.8, 4) is 22.3 Å². The van der Waals surface area contributed by atoms with E-state index < -0.39 is 0 Å². The van der Waals surface area contributed by atoms with Crippen LogP contribution in [0.3, 0.4) is 0 Å². The van der Waals surface area contributed by atoms with E-state index in [1.54, 1.807) is 0 Å². The van der Waals surface area contributed by atoms with Gasteiger partial charge in [-0.05, 0) is 145 Å². The molecule has 0 heterocycles. The summed E-state index contributed by atoms with van der Waals surface area (Å²) in [6, 6.07) is 83.8. The Bertz CT molecular complexity index is 3530. The summed E-state index contributed by atoms with van der Waals surface area (Å²) >= 11 is 0. The second kappa shape index (κ2) is 16.8. The molecule has 0 aliphatic carbocycles. The van der Waals surface area contributed by atoms with Crippen molar-refractivity contribution in [2.75, 3.05) is 0 Å². The number of hydrogen-bond donors (Lipinski definition) is 0. The Kier molecular flexibility index (Phi) is 9.97. The third-order valence-electron chi connectivity index (χ3n) is 13.2. The highest BCUT2D eigenvalue weighted by molar-refractivity contribution is 6.19. The molecule has 0 heteroatoms. The summed E-state index contributed by atoms with van der Waals surface area (Å²) in [6.07, 6.45) is 13.6. The molecular formula is C66H44. The zero-order valence-corrected chi connectivity index (χ0v) is 36.4. The number of benzene rings is 12. The van der Waals surface area contributed by atoms with Crippen LogP contribution in [0.1, 0.15) is 33.4 Å². The monoisotopic (exact) mass is 836 g/mol. The van der Waals surface area contributed by atoms with E-state index in [9.17, 15) is 0 Å². The van der Waals surface area contributed by atoms with Crippen LogP contribution < -0.4 is 0 Å².